The Balaban J connectivity index is 2.27. The fraction of sp³-hybridized carbons (Fsp3) is 0.500. The number of benzene rings is 1. The Labute approximate surface area is 120 Å². The van der Waals surface area contributed by atoms with E-state index in [2.05, 4.69) is 5.32 Å². The quantitative estimate of drug-likeness (QED) is 0.933. The number of hydrogen-bond donors (Lipinski definition) is 1. The SMILES string of the molecule is CN(C)c1ccc(NC(=O)C2CCOC2)c(C(F)(F)F)c1. The number of amides is 1. The molecule has 1 saturated heterocycles. The number of halogens is 3. The van der Waals surface area contributed by atoms with Crippen LogP contribution in [0, 0.1) is 5.92 Å². The molecule has 0 bridgehead atoms. The predicted molar refractivity (Wildman–Crippen MR) is 73.3 cm³/mol. The van der Waals surface area contributed by atoms with Gasteiger partial charge in [0.2, 0.25) is 5.91 Å². The highest BCUT2D eigenvalue weighted by Gasteiger charge is 2.35. The highest BCUT2D eigenvalue weighted by molar-refractivity contribution is 5.93. The van der Waals surface area contributed by atoms with Crippen molar-refractivity contribution in [1.82, 2.24) is 0 Å². The number of hydrogen-bond acceptors (Lipinski definition) is 3. The van der Waals surface area contributed by atoms with Crippen molar-refractivity contribution in [3.8, 4) is 0 Å². The van der Waals surface area contributed by atoms with Crippen molar-refractivity contribution in [3.05, 3.63) is 23.8 Å². The van der Waals surface area contributed by atoms with Crippen LogP contribution in [0.15, 0.2) is 18.2 Å². The molecule has 7 heteroatoms. The van der Waals surface area contributed by atoms with Crippen LogP contribution in [0.3, 0.4) is 0 Å². The van der Waals surface area contributed by atoms with Crippen LogP contribution in [0.5, 0.6) is 0 Å². The lowest BCUT2D eigenvalue weighted by Crippen LogP contribution is -2.24. The van der Waals surface area contributed by atoms with Gasteiger partial charge in [0.1, 0.15) is 0 Å². The van der Waals surface area contributed by atoms with E-state index in [0.29, 0.717) is 18.7 Å². The molecule has 1 aromatic rings. The van der Waals surface area contributed by atoms with E-state index in [1.54, 1.807) is 19.0 Å². The van der Waals surface area contributed by atoms with Gasteiger partial charge in [-0.1, -0.05) is 0 Å². The zero-order valence-corrected chi connectivity index (χ0v) is 11.8. The summed E-state index contributed by atoms with van der Waals surface area (Å²) >= 11 is 0. The summed E-state index contributed by atoms with van der Waals surface area (Å²) in [6, 6.07) is 3.85. The van der Waals surface area contributed by atoms with E-state index in [4.69, 9.17) is 4.74 Å². The Morgan fingerprint density at radius 2 is 2.10 bits per heavy atom. The molecule has 1 aliphatic rings. The van der Waals surface area contributed by atoms with Crippen molar-refractivity contribution < 1.29 is 22.7 Å². The molecule has 0 radical (unpaired) electrons. The Morgan fingerprint density at radius 1 is 1.38 bits per heavy atom. The molecule has 0 saturated carbocycles. The van der Waals surface area contributed by atoms with Crippen molar-refractivity contribution in [2.24, 2.45) is 5.92 Å². The van der Waals surface area contributed by atoms with Gasteiger partial charge in [-0.05, 0) is 24.6 Å². The molecule has 0 spiro atoms. The van der Waals surface area contributed by atoms with Crippen molar-refractivity contribution in [3.63, 3.8) is 0 Å². The molecule has 1 aliphatic heterocycles. The maximum absolute atomic E-state index is 13.1. The molecule has 1 N–H and O–H groups in total. The number of carbonyl (C=O) groups is 1. The number of nitrogens with one attached hydrogen (secondary N) is 1. The fourth-order valence-electron chi connectivity index (χ4n) is 2.13. The zero-order valence-electron chi connectivity index (χ0n) is 11.8. The van der Waals surface area contributed by atoms with Gasteiger partial charge in [0.25, 0.3) is 0 Å². The molecule has 1 unspecified atom stereocenters. The molecule has 2 rings (SSSR count). The topological polar surface area (TPSA) is 41.6 Å². The number of anilines is 2. The first-order valence-electron chi connectivity index (χ1n) is 6.56. The second-order valence-corrected chi connectivity index (χ2v) is 5.17. The molecular formula is C14H17F3N2O2. The summed E-state index contributed by atoms with van der Waals surface area (Å²) < 4.78 is 44.4. The van der Waals surface area contributed by atoms with Gasteiger partial charge in [-0.15, -0.1) is 0 Å². The van der Waals surface area contributed by atoms with Gasteiger partial charge in [0, 0.05) is 26.4 Å². The summed E-state index contributed by atoms with van der Waals surface area (Å²) in [5.41, 5.74) is -0.643. The third-order valence-electron chi connectivity index (χ3n) is 3.38. The van der Waals surface area contributed by atoms with Crippen molar-refractivity contribution in [2.75, 3.05) is 37.5 Å². The van der Waals surface area contributed by atoms with Crippen LogP contribution in [-0.4, -0.2) is 33.2 Å². The molecule has 116 valence electrons. The number of rotatable bonds is 3. The smallest absolute Gasteiger partial charge is 0.381 e. The van der Waals surface area contributed by atoms with Crippen molar-refractivity contribution >= 4 is 17.3 Å². The van der Waals surface area contributed by atoms with E-state index in [-0.39, 0.29) is 18.2 Å². The van der Waals surface area contributed by atoms with Crippen LogP contribution >= 0.6 is 0 Å². The summed E-state index contributed by atoms with van der Waals surface area (Å²) in [7, 11) is 3.31. The second-order valence-electron chi connectivity index (χ2n) is 5.17. The lowest BCUT2D eigenvalue weighted by Gasteiger charge is -2.19. The van der Waals surface area contributed by atoms with Crippen LogP contribution in [0.1, 0.15) is 12.0 Å². The molecule has 1 aromatic carbocycles. The number of alkyl halides is 3. The van der Waals surface area contributed by atoms with Crippen molar-refractivity contribution in [1.29, 1.82) is 0 Å². The summed E-state index contributed by atoms with van der Waals surface area (Å²) in [5.74, 6) is -0.824. The van der Waals surface area contributed by atoms with Crippen LogP contribution in [0.2, 0.25) is 0 Å². The Bertz CT molecular complexity index is 523. The number of ether oxygens (including phenoxy) is 1. The van der Waals surface area contributed by atoms with Gasteiger partial charge in [-0.25, -0.2) is 0 Å². The number of nitrogens with zero attached hydrogens (tertiary/aromatic N) is 1. The van der Waals surface area contributed by atoms with Crippen LogP contribution < -0.4 is 10.2 Å². The lowest BCUT2D eigenvalue weighted by atomic mass is 10.1. The summed E-state index contributed by atoms with van der Waals surface area (Å²) in [4.78, 5) is 13.5. The highest BCUT2D eigenvalue weighted by Crippen LogP contribution is 2.37. The molecule has 4 nitrogen and oxygen atoms in total. The molecular weight excluding hydrogens is 285 g/mol. The minimum Gasteiger partial charge on any atom is -0.381 e. The molecule has 1 amide bonds. The third-order valence-corrected chi connectivity index (χ3v) is 3.38. The first-order valence-corrected chi connectivity index (χ1v) is 6.56. The Kier molecular flexibility index (Phi) is 4.41. The normalized spacial score (nSPS) is 18.6. The zero-order chi connectivity index (χ0) is 15.6. The van der Waals surface area contributed by atoms with Gasteiger partial charge in [-0.2, -0.15) is 13.2 Å². The van der Waals surface area contributed by atoms with Gasteiger partial charge in [0.05, 0.1) is 23.8 Å². The number of carbonyl (C=O) groups excluding carboxylic acids is 1. The van der Waals surface area contributed by atoms with E-state index >= 15 is 0 Å². The molecule has 21 heavy (non-hydrogen) atoms. The Hall–Kier alpha value is -1.76. The van der Waals surface area contributed by atoms with E-state index in [1.165, 1.54) is 12.1 Å². The minimum absolute atomic E-state index is 0.218. The predicted octanol–water partition coefficient (Wildman–Crippen LogP) is 2.75. The maximum Gasteiger partial charge on any atom is 0.418 e. The summed E-state index contributed by atoms with van der Waals surface area (Å²) in [5, 5.41) is 2.37. The van der Waals surface area contributed by atoms with E-state index < -0.39 is 17.6 Å². The summed E-state index contributed by atoms with van der Waals surface area (Å²) in [6.07, 6.45) is -4.00. The van der Waals surface area contributed by atoms with E-state index in [9.17, 15) is 18.0 Å². The molecule has 1 atom stereocenters. The van der Waals surface area contributed by atoms with Gasteiger partial charge in [0.15, 0.2) is 0 Å². The molecule has 1 heterocycles. The summed E-state index contributed by atoms with van der Waals surface area (Å²) in [6.45, 7) is 0.715. The van der Waals surface area contributed by atoms with Crippen LogP contribution in [0.4, 0.5) is 24.5 Å². The third kappa shape index (κ3) is 3.66. The van der Waals surface area contributed by atoms with Crippen molar-refractivity contribution in [2.45, 2.75) is 12.6 Å². The standard InChI is InChI=1S/C14H17F3N2O2/c1-19(2)10-3-4-12(11(7-10)14(15,16)17)18-13(20)9-5-6-21-8-9/h3-4,7,9H,5-6,8H2,1-2H3,(H,18,20). The van der Waals surface area contributed by atoms with E-state index in [1.807, 2.05) is 0 Å². The first kappa shape index (κ1) is 15.6. The first-order chi connectivity index (χ1) is 9.79. The monoisotopic (exact) mass is 302 g/mol. The minimum atomic E-state index is -4.53. The molecule has 0 aromatic heterocycles. The molecule has 1 fully saturated rings. The average molecular weight is 302 g/mol. The second kappa shape index (κ2) is 5.93. The fourth-order valence-corrected chi connectivity index (χ4v) is 2.13. The lowest BCUT2D eigenvalue weighted by molar-refractivity contribution is -0.137. The van der Waals surface area contributed by atoms with Crippen LogP contribution in [0.25, 0.3) is 0 Å². The van der Waals surface area contributed by atoms with Crippen LogP contribution in [-0.2, 0) is 15.7 Å². The van der Waals surface area contributed by atoms with Gasteiger partial charge >= 0.3 is 6.18 Å². The highest BCUT2D eigenvalue weighted by atomic mass is 19.4. The Morgan fingerprint density at radius 3 is 2.62 bits per heavy atom. The average Bonchev–Trinajstić information content (AvgIpc) is 2.91. The largest absolute Gasteiger partial charge is 0.418 e. The van der Waals surface area contributed by atoms with Gasteiger partial charge in [-0.3, -0.25) is 4.79 Å². The van der Waals surface area contributed by atoms with E-state index in [0.717, 1.165) is 6.07 Å². The maximum atomic E-state index is 13.1. The van der Waals surface area contributed by atoms with Gasteiger partial charge < -0.3 is 15.0 Å². The molecule has 0 aliphatic carbocycles.